The van der Waals surface area contributed by atoms with E-state index in [0.717, 1.165) is 5.56 Å². The summed E-state index contributed by atoms with van der Waals surface area (Å²) in [5.74, 6) is 0.518. The van der Waals surface area contributed by atoms with Crippen molar-refractivity contribution in [2.45, 2.75) is 26.4 Å². The van der Waals surface area contributed by atoms with Gasteiger partial charge in [-0.2, -0.15) is 0 Å². The predicted octanol–water partition coefficient (Wildman–Crippen LogP) is 4.14. The second kappa shape index (κ2) is 9.28. The Hall–Kier alpha value is -2.27. The Morgan fingerprint density at radius 1 is 1.20 bits per heavy atom. The second-order valence-corrected chi connectivity index (χ2v) is 5.93. The number of halogens is 2. The molecule has 0 unspecified atom stereocenters. The van der Waals surface area contributed by atoms with E-state index in [1.165, 1.54) is 24.3 Å². The fraction of sp³-hybridized carbons (Fsp3) is 0.316. The molecule has 0 radical (unpaired) electrons. The highest BCUT2D eigenvalue weighted by Gasteiger charge is 2.17. The van der Waals surface area contributed by atoms with E-state index >= 15 is 0 Å². The van der Waals surface area contributed by atoms with Gasteiger partial charge in [-0.15, -0.1) is 0 Å². The summed E-state index contributed by atoms with van der Waals surface area (Å²) in [6.07, 6.45) is -0.142. The largest absolute Gasteiger partial charge is 0.492 e. The highest BCUT2D eigenvalue weighted by molar-refractivity contribution is 6.31. The SMILES string of the molecule is CC[C@H](Oc1ccc(F)cc1)C(=O)NCCOc1ccc(C)c(Cl)c1. The van der Waals surface area contributed by atoms with Crippen LogP contribution in [0.1, 0.15) is 18.9 Å². The molecule has 0 bridgehead atoms. The number of benzene rings is 2. The van der Waals surface area contributed by atoms with E-state index in [4.69, 9.17) is 21.1 Å². The van der Waals surface area contributed by atoms with Crippen LogP contribution in [0.25, 0.3) is 0 Å². The molecule has 6 heteroatoms. The molecule has 0 saturated heterocycles. The summed E-state index contributed by atoms with van der Waals surface area (Å²) in [6.45, 7) is 4.42. The molecule has 1 atom stereocenters. The van der Waals surface area contributed by atoms with Gasteiger partial charge in [0.05, 0.1) is 6.54 Å². The first-order chi connectivity index (χ1) is 12.0. The summed E-state index contributed by atoms with van der Waals surface area (Å²) in [5, 5.41) is 3.40. The van der Waals surface area contributed by atoms with Crippen LogP contribution in [-0.4, -0.2) is 25.2 Å². The Bertz CT molecular complexity index is 706. The molecule has 4 nitrogen and oxygen atoms in total. The number of rotatable bonds is 8. The highest BCUT2D eigenvalue weighted by Crippen LogP contribution is 2.21. The molecule has 0 spiro atoms. The van der Waals surface area contributed by atoms with Gasteiger partial charge in [-0.3, -0.25) is 4.79 Å². The minimum Gasteiger partial charge on any atom is -0.492 e. The summed E-state index contributed by atoms with van der Waals surface area (Å²) >= 11 is 6.03. The van der Waals surface area contributed by atoms with Crippen LogP contribution in [0.15, 0.2) is 42.5 Å². The summed E-state index contributed by atoms with van der Waals surface area (Å²) < 4.78 is 24.0. The Labute approximate surface area is 151 Å². The number of amides is 1. The van der Waals surface area contributed by atoms with Crippen LogP contribution in [0.2, 0.25) is 5.02 Å². The maximum absolute atomic E-state index is 12.9. The molecule has 2 rings (SSSR count). The maximum atomic E-state index is 12.9. The zero-order valence-corrected chi connectivity index (χ0v) is 15.0. The monoisotopic (exact) mass is 365 g/mol. The molecule has 0 heterocycles. The van der Waals surface area contributed by atoms with E-state index in [0.29, 0.717) is 36.1 Å². The molecule has 0 fully saturated rings. The molecular weight excluding hydrogens is 345 g/mol. The van der Waals surface area contributed by atoms with E-state index < -0.39 is 6.10 Å². The van der Waals surface area contributed by atoms with Gasteiger partial charge in [-0.05, 0) is 55.3 Å². The maximum Gasteiger partial charge on any atom is 0.261 e. The van der Waals surface area contributed by atoms with Crippen molar-refractivity contribution in [1.82, 2.24) is 5.32 Å². The van der Waals surface area contributed by atoms with Crippen LogP contribution in [-0.2, 0) is 4.79 Å². The number of hydrogen-bond acceptors (Lipinski definition) is 3. The Morgan fingerprint density at radius 3 is 2.52 bits per heavy atom. The molecule has 1 amide bonds. The average molecular weight is 366 g/mol. The van der Waals surface area contributed by atoms with Gasteiger partial charge in [0, 0.05) is 5.02 Å². The van der Waals surface area contributed by atoms with Gasteiger partial charge in [-0.1, -0.05) is 24.6 Å². The van der Waals surface area contributed by atoms with Gasteiger partial charge >= 0.3 is 0 Å². The van der Waals surface area contributed by atoms with Crippen molar-refractivity contribution < 1.29 is 18.7 Å². The van der Waals surface area contributed by atoms with Crippen molar-refractivity contribution in [2.24, 2.45) is 0 Å². The first kappa shape index (κ1) is 19.1. The van der Waals surface area contributed by atoms with Gasteiger partial charge in [-0.25, -0.2) is 4.39 Å². The Morgan fingerprint density at radius 2 is 1.88 bits per heavy atom. The lowest BCUT2D eigenvalue weighted by molar-refractivity contribution is -0.128. The molecule has 25 heavy (non-hydrogen) atoms. The summed E-state index contributed by atoms with van der Waals surface area (Å²) in [6, 6.07) is 11.0. The van der Waals surface area contributed by atoms with Crippen LogP contribution in [0.3, 0.4) is 0 Å². The Balaban J connectivity index is 1.77. The van der Waals surface area contributed by atoms with Gasteiger partial charge in [0.15, 0.2) is 6.10 Å². The van der Waals surface area contributed by atoms with Crippen molar-refractivity contribution in [1.29, 1.82) is 0 Å². The quantitative estimate of drug-likeness (QED) is 0.715. The molecule has 134 valence electrons. The smallest absolute Gasteiger partial charge is 0.261 e. The van der Waals surface area contributed by atoms with Crippen LogP contribution in [0.4, 0.5) is 4.39 Å². The predicted molar refractivity (Wildman–Crippen MR) is 95.8 cm³/mol. The third-order valence-electron chi connectivity index (χ3n) is 3.57. The second-order valence-electron chi connectivity index (χ2n) is 5.52. The van der Waals surface area contributed by atoms with Gasteiger partial charge in [0.1, 0.15) is 23.9 Å². The van der Waals surface area contributed by atoms with Crippen molar-refractivity contribution in [2.75, 3.05) is 13.2 Å². The van der Waals surface area contributed by atoms with Crippen LogP contribution in [0, 0.1) is 12.7 Å². The minimum absolute atomic E-state index is 0.239. The van der Waals surface area contributed by atoms with E-state index in [2.05, 4.69) is 5.32 Å². The number of ether oxygens (including phenoxy) is 2. The highest BCUT2D eigenvalue weighted by atomic mass is 35.5. The Kier molecular flexibility index (Phi) is 7.07. The summed E-state index contributed by atoms with van der Waals surface area (Å²) in [7, 11) is 0. The lowest BCUT2D eigenvalue weighted by Crippen LogP contribution is -2.39. The number of carbonyl (C=O) groups is 1. The zero-order chi connectivity index (χ0) is 18.2. The minimum atomic E-state index is -0.640. The molecule has 1 N–H and O–H groups in total. The normalized spacial score (nSPS) is 11.7. The van der Waals surface area contributed by atoms with Crippen molar-refractivity contribution in [3.05, 3.63) is 58.9 Å². The van der Waals surface area contributed by atoms with Gasteiger partial charge in [0.2, 0.25) is 0 Å². The average Bonchev–Trinajstić information content (AvgIpc) is 2.61. The zero-order valence-electron chi connectivity index (χ0n) is 14.2. The standard InChI is InChI=1S/C19H21ClFNO3/c1-3-18(25-15-8-5-14(21)6-9-15)19(23)22-10-11-24-16-7-4-13(2)17(20)12-16/h4-9,12,18H,3,10-11H2,1-2H3,(H,22,23)/t18-/m0/s1. The van der Waals surface area contributed by atoms with E-state index in [1.54, 1.807) is 6.07 Å². The lowest BCUT2D eigenvalue weighted by Gasteiger charge is -2.17. The van der Waals surface area contributed by atoms with Crippen LogP contribution in [0.5, 0.6) is 11.5 Å². The number of nitrogens with one attached hydrogen (secondary N) is 1. The van der Waals surface area contributed by atoms with Crippen molar-refractivity contribution >= 4 is 17.5 Å². The summed E-state index contributed by atoms with van der Waals surface area (Å²) in [4.78, 5) is 12.2. The summed E-state index contributed by atoms with van der Waals surface area (Å²) in [5.41, 5.74) is 0.978. The first-order valence-corrected chi connectivity index (χ1v) is 8.46. The molecule has 2 aromatic carbocycles. The molecule has 0 aliphatic rings. The lowest BCUT2D eigenvalue weighted by atomic mass is 10.2. The fourth-order valence-electron chi connectivity index (χ4n) is 2.12. The molecule has 0 aromatic heterocycles. The molecule has 0 aliphatic heterocycles. The molecular formula is C19H21ClFNO3. The number of aryl methyl sites for hydroxylation is 1. The first-order valence-electron chi connectivity index (χ1n) is 8.08. The van der Waals surface area contributed by atoms with Crippen molar-refractivity contribution in [3.8, 4) is 11.5 Å². The third-order valence-corrected chi connectivity index (χ3v) is 3.98. The fourth-order valence-corrected chi connectivity index (χ4v) is 2.29. The number of hydrogen-bond donors (Lipinski definition) is 1. The van der Waals surface area contributed by atoms with Gasteiger partial charge in [0.25, 0.3) is 5.91 Å². The molecule has 0 saturated carbocycles. The van der Waals surface area contributed by atoms with E-state index in [9.17, 15) is 9.18 Å². The topological polar surface area (TPSA) is 47.6 Å². The molecule has 0 aliphatic carbocycles. The number of carbonyl (C=O) groups excluding carboxylic acids is 1. The third kappa shape index (κ3) is 5.94. The van der Waals surface area contributed by atoms with E-state index in [1.807, 2.05) is 26.0 Å². The van der Waals surface area contributed by atoms with E-state index in [-0.39, 0.29) is 11.7 Å². The van der Waals surface area contributed by atoms with Crippen LogP contribution < -0.4 is 14.8 Å². The van der Waals surface area contributed by atoms with Crippen LogP contribution >= 0.6 is 11.6 Å². The van der Waals surface area contributed by atoms with Gasteiger partial charge < -0.3 is 14.8 Å². The van der Waals surface area contributed by atoms with Crippen molar-refractivity contribution in [3.63, 3.8) is 0 Å². The molecule has 2 aromatic rings.